The van der Waals surface area contributed by atoms with E-state index < -0.39 is 0 Å². The number of nitrogens with zero attached hydrogens (tertiary/aromatic N) is 2. The Balaban J connectivity index is 1.22. The number of methoxy groups -OCH3 is 2. The molecule has 0 bridgehead atoms. The van der Waals surface area contributed by atoms with Gasteiger partial charge in [-0.25, -0.2) is 4.98 Å². The number of imidazole rings is 1. The van der Waals surface area contributed by atoms with Crippen molar-refractivity contribution in [3.63, 3.8) is 0 Å². The monoisotopic (exact) mass is 557 g/mol. The van der Waals surface area contributed by atoms with Gasteiger partial charge in [0, 0.05) is 19.5 Å². The fraction of sp³-hybridized carbons (Fsp3) is 0.412. The molecule has 41 heavy (non-hydrogen) atoms. The number of unbranched alkanes of at least 4 members (excludes halogenated alkanes) is 2. The molecule has 1 N–H and O–H groups in total. The van der Waals surface area contributed by atoms with Crippen LogP contribution >= 0.6 is 0 Å². The van der Waals surface area contributed by atoms with Crippen LogP contribution in [-0.2, 0) is 24.2 Å². The molecule has 4 rings (SSSR count). The van der Waals surface area contributed by atoms with Crippen LogP contribution in [0.4, 0.5) is 0 Å². The minimum absolute atomic E-state index is 0.0113. The molecule has 0 aliphatic carbocycles. The Bertz CT molecular complexity index is 1410. The number of aromatic nitrogens is 2. The Kier molecular flexibility index (Phi) is 11.1. The first-order chi connectivity index (χ1) is 20.0. The highest BCUT2D eigenvalue weighted by Crippen LogP contribution is 2.28. The van der Waals surface area contributed by atoms with Crippen LogP contribution in [0.2, 0.25) is 0 Å². The van der Waals surface area contributed by atoms with Crippen molar-refractivity contribution in [2.24, 2.45) is 0 Å². The summed E-state index contributed by atoms with van der Waals surface area (Å²) in [6, 6.07) is 22.2. The van der Waals surface area contributed by atoms with E-state index in [1.807, 2.05) is 30.3 Å². The second-order valence-electron chi connectivity index (χ2n) is 10.6. The van der Waals surface area contributed by atoms with Crippen molar-refractivity contribution in [2.45, 2.75) is 64.8 Å². The normalized spacial score (nSPS) is 11.1. The molecular weight excluding hydrogens is 514 g/mol. The van der Waals surface area contributed by atoms with Crippen LogP contribution in [-0.4, -0.2) is 42.8 Å². The van der Waals surface area contributed by atoms with Crippen molar-refractivity contribution in [3.8, 4) is 17.2 Å². The average molecular weight is 558 g/mol. The predicted octanol–water partition coefficient (Wildman–Crippen LogP) is 6.72. The third-order valence-electron chi connectivity index (χ3n) is 7.27. The molecule has 1 aromatic heterocycles. The Morgan fingerprint density at radius 3 is 2.46 bits per heavy atom. The second-order valence-corrected chi connectivity index (χ2v) is 10.6. The van der Waals surface area contributed by atoms with E-state index in [4.69, 9.17) is 19.2 Å². The average Bonchev–Trinajstić information content (AvgIpc) is 3.34. The number of fused-ring (bicyclic) bond motifs is 1. The summed E-state index contributed by atoms with van der Waals surface area (Å²) in [5, 5.41) is 3.04. The molecule has 0 unspecified atom stereocenters. The smallest absolute Gasteiger partial charge is 0.224 e. The molecule has 0 radical (unpaired) electrons. The van der Waals surface area contributed by atoms with Crippen molar-refractivity contribution in [1.29, 1.82) is 0 Å². The van der Waals surface area contributed by atoms with E-state index in [-0.39, 0.29) is 5.91 Å². The third-order valence-corrected chi connectivity index (χ3v) is 7.27. The van der Waals surface area contributed by atoms with Gasteiger partial charge in [0.2, 0.25) is 5.91 Å². The molecule has 0 saturated heterocycles. The summed E-state index contributed by atoms with van der Waals surface area (Å²) in [5.74, 6) is 3.83. The topological polar surface area (TPSA) is 74.6 Å². The Hall–Kier alpha value is -4.00. The Morgan fingerprint density at radius 2 is 1.66 bits per heavy atom. The number of para-hydroxylation sites is 3. The molecule has 0 aliphatic heterocycles. The highest BCUT2D eigenvalue weighted by atomic mass is 16.5. The number of carbonyl (C=O) groups is 1. The van der Waals surface area contributed by atoms with E-state index in [1.165, 1.54) is 11.1 Å². The minimum atomic E-state index is 0.0113. The molecule has 0 aliphatic rings. The first-order valence-corrected chi connectivity index (χ1v) is 14.6. The van der Waals surface area contributed by atoms with Crippen LogP contribution in [0, 0.1) is 0 Å². The second kappa shape index (κ2) is 15.1. The lowest BCUT2D eigenvalue weighted by atomic mass is 10.0. The summed E-state index contributed by atoms with van der Waals surface area (Å²) in [6.07, 6.45) is 5.11. The van der Waals surface area contributed by atoms with Crippen molar-refractivity contribution < 1.29 is 19.0 Å². The zero-order valence-corrected chi connectivity index (χ0v) is 24.8. The molecule has 1 heterocycles. The Labute approximate surface area is 243 Å². The summed E-state index contributed by atoms with van der Waals surface area (Å²) < 4.78 is 19.1. The Morgan fingerprint density at radius 1 is 0.878 bits per heavy atom. The molecule has 0 atom stereocenters. The lowest BCUT2D eigenvalue weighted by molar-refractivity contribution is -0.120. The first kappa shape index (κ1) is 30.0. The molecule has 218 valence electrons. The lowest BCUT2D eigenvalue weighted by Gasteiger charge is -2.14. The van der Waals surface area contributed by atoms with Gasteiger partial charge in [0.1, 0.15) is 11.6 Å². The first-order valence-electron chi connectivity index (χ1n) is 14.6. The fourth-order valence-corrected chi connectivity index (χ4v) is 5.11. The summed E-state index contributed by atoms with van der Waals surface area (Å²) in [7, 11) is 3.20. The van der Waals surface area contributed by atoms with Gasteiger partial charge in [-0.15, -0.1) is 0 Å². The van der Waals surface area contributed by atoms with Crippen molar-refractivity contribution in [2.75, 3.05) is 27.4 Å². The molecule has 0 spiro atoms. The van der Waals surface area contributed by atoms with E-state index in [9.17, 15) is 4.79 Å². The summed E-state index contributed by atoms with van der Waals surface area (Å²) >= 11 is 0. The maximum absolute atomic E-state index is 12.4. The number of carbonyl (C=O) groups excluding carboxylic acids is 1. The summed E-state index contributed by atoms with van der Waals surface area (Å²) in [4.78, 5) is 17.4. The van der Waals surface area contributed by atoms with Crippen molar-refractivity contribution in [3.05, 3.63) is 83.7 Å². The minimum Gasteiger partial charge on any atom is -0.493 e. The number of rotatable bonds is 16. The van der Waals surface area contributed by atoms with E-state index in [2.05, 4.69) is 60.1 Å². The fourth-order valence-electron chi connectivity index (χ4n) is 5.11. The number of nitrogens with one attached hydrogen (secondary N) is 1. The molecule has 0 fully saturated rings. The molecule has 4 aromatic rings. The number of benzene rings is 3. The van der Waals surface area contributed by atoms with Gasteiger partial charge in [0.15, 0.2) is 11.5 Å². The SMILES string of the molecule is COc1ccc(CC(=O)NCCCCCc2nc3ccccc3n2CCCOc2ccccc2C(C)C)cc1OC. The van der Waals surface area contributed by atoms with E-state index in [1.54, 1.807) is 14.2 Å². The predicted molar refractivity (Wildman–Crippen MR) is 164 cm³/mol. The van der Waals surface area contributed by atoms with Gasteiger partial charge in [0.05, 0.1) is 38.3 Å². The zero-order valence-electron chi connectivity index (χ0n) is 24.8. The maximum atomic E-state index is 12.4. The molecule has 3 aromatic carbocycles. The number of hydrogen-bond acceptors (Lipinski definition) is 5. The summed E-state index contributed by atoms with van der Waals surface area (Å²) in [5.41, 5.74) is 4.36. The lowest BCUT2D eigenvalue weighted by Crippen LogP contribution is -2.26. The number of aryl methyl sites for hydroxylation is 2. The van der Waals surface area contributed by atoms with Crippen LogP contribution in [0.5, 0.6) is 17.2 Å². The number of amides is 1. The largest absolute Gasteiger partial charge is 0.493 e. The molecule has 1 amide bonds. The maximum Gasteiger partial charge on any atom is 0.224 e. The molecule has 0 saturated carbocycles. The van der Waals surface area contributed by atoms with Gasteiger partial charge < -0.3 is 24.1 Å². The van der Waals surface area contributed by atoms with E-state index >= 15 is 0 Å². The van der Waals surface area contributed by atoms with Crippen molar-refractivity contribution in [1.82, 2.24) is 14.9 Å². The van der Waals surface area contributed by atoms with Crippen LogP contribution in [0.15, 0.2) is 66.7 Å². The zero-order chi connectivity index (χ0) is 29.0. The number of ether oxygens (including phenoxy) is 3. The van der Waals surface area contributed by atoms with Crippen LogP contribution < -0.4 is 19.5 Å². The van der Waals surface area contributed by atoms with Crippen LogP contribution in [0.25, 0.3) is 11.0 Å². The number of hydrogen-bond donors (Lipinski definition) is 1. The van der Waals surface area contributed by atoms with E-state index in [0.717, 1.165) is 61.3 Å². The van der Waals surface area contributed by atoms with Crippen molar-refractivity contribution >= 4 is 16.9 Å². The highest BCUT2D eigenvalue weighted by molar-refractivity contribution is 5.78. The summed E-state index contributed by atoms with van der Waals surface area (Å²) in [6.45, 7) is 6.59. The van der Waals surface area contributed by atoms with Gasteiger partial charge in [-0.2, -0.15) is 0 Å². The van der Waals surface area contributed by atoms with Gasteiger partial charge in [-0.1, -0.05) is 56.7 Å². The van der Waals surface area contributed by atoms with Gasteiger partial charge in [0.25, 0.3) is 0 Å². The quantitative estimate of drug-likeness (QED) is 0.155. The molecule has 7 nitrogen and oxygen atoms in total. The standard InChI is InChI=1S/C34H43N3O4/c1-25(2)27-13-7-10-16-30(27)41-22-12-21-37-29-15-9-8-14-28(29)36-33(37)17-6-5-11-20-35-34(38)24-26-18-19-31(39-3)32(23-26)40-4/h7-10,13-16,18-19,23,25H,5-6,11-12,17,20-22,24H2,1-4H3,(H,35,38). The highest BCUT2D eigenvalue weighted by Gasteiger charge is 2.12. The third kappa shape index (κ3) is 8.26. The van der Waals surface area contributed by atoms with Crippen LogP contribution in [0.3, 0.4) is 0 Å². The van der Waals surface area contributed by atoms with E-state index in [0.29, 0.717) is 37.0 Å². The van der Waals surface area contributed by atoms with Gasteiger partial charge in [-0.05, 0) is 66.6 Å². The van der Waals surface area contributed by atoms with Crippen LogP contribution in [0.1, 0.15) is 62.4 Å². The van der Waals surface area contributed by atoms with Gasteiger partial charge in [-0.3, -0.25) is 4.79 Å². The van der Waals surface area contributed by atoms with Gasteiger partial charge >= 0.3 is 0 Å². The molecular formula is C34H43N3O4. The molecule has 7 heteroatoms.